The Balaban J connectivity index is 0.00000372. The SMILES string of the molecule is CC(C)(C)c1cccc(-[n+]2[c-]n(-c3[c-]c(Oc4[c-]c5c(cc4)c4ccccc4n5-c4cc(C(C)(C)C)ccn4)ccn3)cc2)c1.[Pt]. The second-order valence-corrected chi connectivity index (χ2v) is 13.4. The molecule has 3 aromatic carbocycles. The van der Waals surface area contributed by atoms with Gasteiger partial charge in [0.2, 0.25) is 0 Å². The van der Waals surface area contributed by atoms with Gasteiger partial charge in [-0.3, -0.25) is 14.1 Å². The number of para-hydroxylation sites is 1. The van der Waals surface area contributed by atoms with Gasteiger partial charge in [-0.15, -0.1) is 17.5 Å². The Hall–Kier alpha value is -4.54. The number of benzene rings is 3. The number of hydrogen-bond donors (Lipinski definition) is 0. The van der Waals surface area contributed by atoms with Crippen LogP contribution in [0.3, 0.4) is 0 Å². The molecule has 0 unspecified atom stereocenters. The molecular weight excluding hydrogens is 750 g/mol. The number of aromatic nitrogens is 5. The van der Waals surface area contributed by atoms with E-state index in [1.54, 1.807) is 12.3 Å². The Bertz CT molecular complexity index is 2180. The summed E-state index contributed by atoms with van der Waals surface area (Å²) in [4.78, 5) is 9.31. The van der Waals surface area contributed by atoms with E-state index < -0.39 is 0 Å². The standard InChI is InChI=1S/C39H35N5O.Pt/c1-38(2,3)27-10-9-11-29(22-27)42-20-21-43(26-42)36-25-31(17-19-40-36)45-30-14-15-33-32-12-7-8-13-34(32)44(35(33)24-30)37-23-28(16-18-41-37)39(4,5)6;/h7-23H,1-6H3;/q-2;. The average Bonchev–Trinajstić information content (AvgIpc) is 3.64. The van der Waals surface area contributed by atoms with Crippen LogP contribution in [0.5, 0.6) is 11.5 Å². The van der Waals surface area contributed by atoms with Gasteiger partial charge in [0.15, 0.2) is 0 Å². The molecule has 0 N–H and O–H groups in total. The predicted octanol–water partition coefficient (Wildman–Crippen LogP) is 8.43. The summed E-state index contributed by atoms with van der Waals surface area (Å²) in [5.41, 5.74) is 5.54. The van der Waals surface area contributed by atoms with E-state index >= 15 is 0 Å². The minimum atomic E-state index is -0.00377. The number of rotatable bonds is 5. The average molecular weight is 785 g/mol. The van der Waals surface area contributed by atoms with E-state index in [-0.39, 0.29) is 31.9 Å². The number of imidazole rings is 1. The van der Waals surface area contributed by atoms with Crippen molar-refractivity contribution in [3.05, 3.63) is 133 Å². The molecule has 0 aliphatic heterocycles. The molecule has 0 fully saturated rings. The van der Waals surface area contributed by atoms with Gasteiger partial charge in [-0.25, -0.2) is 4.98 Å². The van der Waals surface area contributed by atoms with Gasteiger partial charge in [-0.05, 0) is 63.4 Å². The van der Waals surface area contributed by atoms with Crippen LogP contribution in [0, 0.1) is 18.5 Å². The maximum Gasteiger partial charge on any atom is 0.268 e. The Labute approximate surface area is 284 Å². The Morgan fingerprint density at radius 1 is 0.717 bits per heavy atom. The summed E-state index contributed by atoms with van der Waals surface area (Å²) in [5, 5.41) is 2.22. The molecule has 7 rings (SSSR count). The van der Waals surface area contributed by atoms with Gasteiger partial charge in [0.1, 0.15) is 5.82 Å². The van der Waals surface area contributed by atoms with Gasteiger partial charge < -0.3 is 9.30 Å². The summed E-state index contributed by atoms with van der Waals surface area (Å²) in [6, 6.07) is 33.8. The van der Waals surface area contributed by atoms with E-state index in [9.17, 15) is 0 Å². The van der Waals surface area contributed by atoms with Crippen LogP contribution in [-0.2, 0) is 31.9 Å². The summed E-state index contributed by atoms with van der Waals surface area (Å²) in [5.74, 6) is 2.55. The second-order valence-electron chi connectivity index (χ2n) is 13.4. The zero-order valence-corrected chi connectivity index (χ0v) is 29.0. The van der Waals surface area contributed by atoms with E-state index in [1.165, 1.54) is 11.1 Å². The van der Waals surface area contributed by atoms with E-state index in [1.807, 2.05) is 33.8 Å². The fourth-order valence-electron chi connectivity index (χ4n) is 5.54. The van der Waals surface area contributed by atoms with Crippen LogP contribution in [0.1, 0.15) is 52.7 Å². The van der Waals surface area contributed by atoms with Gasteiger partial charge in [-0.2, -0.15) is 18.2 Å². The summed E-state index contributed by atoms with van der Waals surface area (Å²) < 4.78 is 12.3. The molecule has 7 aromatic rings. The number of ether oxygens (including phenoxy) is 1. The van der Waals surface area contributed by atoms with Crippen LogP contribution in [-0.4, -0.2) is 19.1 Å². The zero-order chi connectivity index (χ0) is 31.3. The molecule has 0 atom stereocenters. The summed E-state index contributed by atoms with van der Waals surface area (Å²) >= 11 is 0. The zero-order valence-electron chi connectivity index (χ0n) is 26.8. The predicted molar refractivity (Wildman–Crippen MR) is 178 cm³/mol. The number of fused-ring (bicyclic) bond motifs is 3. The molecule has 0 spiro atoms. The minimum absolute atomic E-state index is 0. The van der Waals surface area contributed by atoms with Crippen molar-refractivity contribution in [1.82, 2.24) is 19.1 Å². The van der Waals surface area contributed by atoms with Crippen molar-refractivity contribution >= 4 is 21.8 Å². The third-order valence-electron chi connectivity index (χ3n) is 8.07. The van der Waals surface area contributed by atoms with Crippen molar-refractivity contribution in [2.24, 2.45) is 0 Å². The number of pyridine rings is 2. The third kappa shape index (κ3) is 6.02. The second kappa shape index (κ2) is 12.0. The van der Waals surface area contributed by atoms with Crippen LogP contribution in [0.2, 0.25) is 0 Å². The maximum absolute atomic E-state index is 6.34. The Kier molecular flexibility index (Phi) is 8.20. The van der Waals surface area contributed by atoms with E-state index in [2.05, 4.69) is 136 Å². The molecule has 4 aromatic heterocycles. The Morgan fingerprint density at radius 2 is 1.46 bits per heavy atom. The van der Waals surface area contributed by atoms with Crippen molar-refractivity contribution < 1.29 is 30.4 Å². The molecule has 0 bridgehead atoms. The summed E-state index contributed by atoms with van der Waals surface area (Å²) in [7, 11) is 0. The van der Waals surface area contributed by atoms with Crippen LogP contribution in [0.4, 0.5) is 0 Å². The van der Waals surface area contributed by atoms with Gasteiger partial charge in [-0.1, -0.05) is 83.6 Å². The van der Waals surface area contributed by atoms with Gasteiger partial charge in [0.05, 0.1) is 11.5 Å². The maximum atomic E-state index is 6.34. The first-order valence-electron chi connectivity index (χ1n) is 15.2. The topological polar surface area (TPSA) is 48.8 Å². The van der Waals surface area contributed by atoms with E-state index in [4.69, 9.17) is 9.72 Å². The van der Waals surface area contributed by atoms with Crippen LogP contribution in [0.15, 0.2) is 104 Å². The fourth-order valence-corrected chi connectivity index (χ4v) is 5.54. The molecule has 46 heavy (non-hydrogen) atoms. The van der Waals surface area contributed by atoms with Crippen molar-refractivity contribution in [3.8, 4) is 28.8 Å². The van der Waals surface area contributed by atoms with Crippen molar-refractivity contribution in [1.29, 1.82) is 0 Å². The Morgan fingerprint density at radius 3 is 2.26 bits per heavy atom. The van der Waals surface area contributed by atoms with E-state index in [0.29, 0.717) is 17.3 Å². The fraction of sp³-hybridized carbons (Fsp3) is 0.205. The van der Waals surface area contributed by atoms with Crippen molar-refractivity contribution in [2.45, 2.75) is 52.4 Å². The summed E-state index contributed by atoms with van der Waals surface area (Å²) in [6.07, 6.45) is 10.8. The molecule has 0 saturated heterocycles. The molecule has 0 amide bonds. The van der Waals surface area contributed by atoms with Gasteiger partial charge in [0.25, 0.3) is 6.33 Å². The number of nitrogens with zero attached hydrogens (tertiary/aromatic N) is 5. The first kappa shape index (κ1) is 31.4. The van der Waals surface area contributed by atoms with Gasteiger partial charge in [0, 0.05) is 50.9 Å². The van der Waals surface area contributed by atoms with Gasteiger partial charge >= 0.3 is 0 Å². The largest absolute Gasteiger partial charge is 0.522 e. The molecule has 7 heteroatoms. The van der Waals surface area contributed by atoms with Crippen LogP contribution >= 0.6 is 0 Å². The normalized spacial score (nSPS) is 12.0. The minimum Gasteiger partial charge on any atom is -0.522 e. The molecule has 6 nitrogen and oxygen atoms in total. The monoisotopic (exact) mass is 784 g/mol. The molecule has 234 valence electrons. The first-order valence-corrected chi connectivity index (χ1v) is 15.2. The molecule has 0 aliphatic carbocycles. The van der Waals surface area contributed by atoms with E-state index in [0.717, 1.165) is 33.3 Å². The quantitative estimate of drug-likeness (QED) is 0.130. The smallest absolute Gasteiger partial charge is 0.268 e. The summed E-state index contributed by atoms with van der Waals surface area (Å²) in [6.45, 7) is 13.3. The molecule has 0 radical (unpaired) electrons. The molecule has 4 heterocycles. The van der Waals surface area contributed by atoms with Crippen LogP contribution in [0.25, 0.3) is 39.1 Å². The van der Waals surface area contributed by atoms with Crippen molar-refractivity contribution in [2.75, 3.05) is 0 Å². The molecule has 0 saturated carbocycles. The molecule has 0 aliphatic rings. The molecular formula is C39H35N5OPt-2. The number of hydrogen-bond acceptors (Lipinski definition) is 3. The van der Waals surface area contributed by atoms with Crippen LogP contribution < -0.4 is 9.30 Å². The third-order valence-corrected chi connectivity index (χ3v) is 8.07. The van der Waals surface area contributed by atoms with Crippen molar-refractivity contribution in [3.63, 3.8) is 0 Å². The first-order chi connectivity index (χ1) is 21.5.